The van der Waals surface area contributed by atoms with E-state index in [1.54, 1.807) is 30.6 Å². The van der Waals surface area contributed by atoms with Gasteiger partial charge in [-0.2, -0.15) is 26.3 Å². The number of likely N-dealkylation sites (tertiary alicyclic amines) is 1. The van der Waals surface area contributed by atoms with Crippen molar-refractivity contribution in [3.8, 4) is 0 Å². The SMILES string of the molecule is CCSc1cc(C2(Cc3nncn3C)COC2)cc(N2Cc3c(cc(C[N+]4(Cc5ccc(NS(=O)(=O)c6ccc(C(=O)NCCN7C(=O)C=CC7=O)cc6[N+](=O)[O-])cc5)CCC[C@H](C)C4)cc3C(F)(F)F)C2=O)n1.O=C([O-])C(F)(F)F. The Morgan fingerprint density at radius 3 is 2.22 bits per heavy atom. The van der Waals surface area contributed by atoms with Crippen LogP contribution in [0.15, 0.2) is 95.1 Å². The molecule has 2 saturated heterocycles. The molecule has 4 aliphatic heterocycles. The molecule has 6 heterocycles. The van der Waals surface area contributed by atoms with Crippen molar-refractivity contribution < 1.29 is 78.0 Å². The van der Waals surface area contributed by atoms with Gasteiger partial charge >= 0.3 is 12.4 Å². The molecule has 4 aliphatic rings. The van der Waals surface area contributed by atoms with Crippen molar-refractivity contribution in [3.05, 3.63) is 140 Å². The van der Waals surface area contributed by atoms with Gasteiger partial charge in [0.05, 0.1) is 48.4 Å². The number of aromatic nitrogens is 4. The number of aryl methyl sites for hydroxylation is 1. The zero-order valence-electron chi connectivity index (χ0n) is 43.5. The zero-order valence-corrected chi connectivity index (χ0v) is 45.1. The molecule has 2 N–H and O–H groups in total. The van der Waals surface area contributed by atoms with Crippen LogP contribution in [0, 0.1) is 16.0 Å². The number of thioether (sulfide) groups is 1. The van der Waals surface area contributed by atoms with Crippen LogP contribution in [0.3, 0.4) is 0 Å². The number of amides is 4. The van der Waals surface area contributed by atoms with Gasteiger partial charge < -0.3 is 29.0 Å². The van der Waals surface area contributed by atoms with Crippen molar-refractivity contribution in [2.24, 2.45) is 13.0 Å². The largest absolute Gasteiger partial charge is 0.542 e. The van der Waals surface area contributed by atoms with Crippen LogP contribution in [0.1, 0.15) is 81.0 Å². The number of anilines is 2. The minimum Gasteiger partial charge on any atom is -0.542 e. The molecule has 4 amide bonds. The molecule has 29 heteroatoms. The van der Waals surface area contributed by atoms with Crippen LogP contribution in [0.5, 0.6) is 0 Å². The number of sulfonamides is 1. The van der Waals surface area contributed by atoms with Crippen LogP contribution in [-0.2, 0) is 73.8 Å². The van der Waals surface area contributed by atoms with Gasteiger partial charge in [0.15, 0.2) is 4.90 Å². The molecular weight excluding hydrogens is 1120 g/mol. The highest BCUT2D eigenvalue weighted by Gasteiger charge is 2.45. The molecule has 0 radical (unpaired) electrons. The minimum absolute atomic E-state index is 0.0335. The standard InChI is InChI=1S/C50H51F3N10O9S2.C2HF3O2/c1-4-73-44-22-35(49(28-72-29-49)23-43-57-55-30-59(43)3)21-42(56-44)61-24-38-37(48(61)67)18-33(19-39(38)50(51,52)53)27-63(17-5-6-31(2)25-63)26-32-7-10-36(11-8-32)58-74(70,71)41-12-9-34(20-40(41)62(68)69)47(66)54-15-16-60-45(64)13-14-46(60)65;3-2(4,5)1(6)7/h7-14,18-22,30-31,58H,4-6,15-17,23-29H2,1-3H3;(H,6,7)/t31-,63?;/m0./s1. The predicted molar refractivity (Wildman–Crippen MR) is 275 cm³/mol. The molecule has 0 bridgehead atoms. The lowest BCUT2D eigenvalue weighted by molar-refractivity contribution is -0.960. The summed E-state index contributed by atoms with van der Waals surface area (Å²) in [5.41, 5.74) is -0.637. The van der Waals surface area contributed by atoms with Crippen molar-refractivity contribution >= 4 is 68.6 Å². The fourth-order valence-corrected chi connectivity index (χ4v) is 12.2. The number of ether oxygens (including phenoxy) is 1. The number of rotatable bonds is 18. The summed E-state index contributed by atoms with van der Waals surface area (Å²) in [5, 5.41) is 32.3. The van der Waals surface area contributed by atoms with Gasteiger partial charge in [0.2, 0.25) is 0 Å². The average Bonchev–Trinajstić information content (AvgIpc) is 4.31. The maximum Gasteiger partial charge on any atom is 0.430 e. The molecule has 1 unspecified atom stereocenters. The number of carbonyl (C=O) groups is 5. The Kier molecular flexibility index (Phi) is 17.1. The number of carbonyl (C=O) groups excluding carboxylic acids is 5. The monoisotopic (exact) mass is 1170 g/mol. The van der Waals surface area contributed by atoms with E-state index in [0.717, 1.165) is 71.1 Å². The summed E-state index contributed by atoms with van der Waals surface area (Å²) >= 11 is 1.46. The van der Waals surface area contributed by atoms with Gasteiger partial charge in [0.1, 0.15) is 37.0 Å². The minimum atomic E-state index is -5.19. The highest BCUT2D eigenvalue weighted by Crippen LogP contribution is 2.43. The lowest BCUT2D eigenvalue weighted by Gasteiger charge is -2.44. The van der Waals surface area contributed by atoms with Crippen LogP contribution < -0.4 is 20.0 Å². The average molecular weight is 1170 g/mol. The van der Waals surface area contributed by atoms with Crippen molar-refractivity contribution in [1.29, 1.82) is 0 Å². The number of benzene rings is 3. The molecule has 0 spiro atoms. The van der Waals surface area contributed by atoms with Gasteiger partial charge in [-0.25, -0.2) is 13.4 Å². The maximum atomic E-state index is 15.2. The number of quaternary nitrogens is 1. The number of halogens is 6. The van der Waals surface area contributed by atoms with Crippen molar-refractivity contribution in [2.75, 3.05) is 54.8 Å². The number of nitrogens with zero attached hydrogens (tertiary/aromatic N) is 8. The highest BCUT2D eigenvalue weighted by molar-refractivity contribution is 7.99. The fourth-order valence-electron chi connectivity index (χ4n) is 10.3. The molecule has 9 rings (SSSR count). The van der Waals surface area contributed by atoms with Crippen LogP contribution in [-0.4, -0.2) is 123 Å². The second-order valence-corrected chi connectivity index (χ2v) is 23.0. The molecule has 2 aromatic heterocycles. The first-order valence-electron chi connectivity index (χ1n) is 25.1. The number of nitro groups is 1. The summed E-state index contributed by atoms with van der Waals surface area (Å²) in [5.74, 6) is -3.62. The number of hydrogen-bond acceptors (Lipinski definition) is 15. The van der Waals surface area contributed by atoms with E-state index in [2.05, 4.69) is 27.2 Å². The van der Waals surface area contributed by atoms with E-state index in [9.17, 15) is 50.9 Å². The lowest BCUT2D eigenvalue weighted by atomic mass is 9.76. The summed E-state index contributed by atoms with van der Waals surface area (Å²) in [6.45, 7) is 5.96. The Morgan fingerprint density at radius 2 is 1.64 bits per heavy atom. The highest BCUT2D eigenvalue weighted by atomic mass is 32.2. The summed E-state index contributed by atoms with van der Waals surface area (Å²) in [7, 11) is -2.75. The van der Waals surface area contributed by atoms with E-state index in [4.69, 9.17) is 19.6 Å². The van der Waals surface area contributed by atoms with Crippen molar-refractivity contribution in [2.45, 2.75) is 80.4 Å². The number of pyridine rings is 1. The molecule has 0 aliphatic carbocycles. The summed E-state index contributed by atoms with van der Waals surface area (Å²) in [6, 6.07) is 15.7. The molecule has 2 atom stereocenters. The predicted octanol–water partition coefficient (Wildman–Crippen LogP) is 5.62. The maximum absolute atomic E-state index is 15.2. The van der Waals surface area contributed by atoms with Crippen LogP contribution in [0.4, 0.5) is 43.5 Å². The first-order chi connectivity index (χ1) is 38.1. The first-order valence-corrected chi connectivity index (χ1v) is 27.5. The lowest BCUT2D eigenvalue weighted by Crippen LogP contribution is -2.52. The topological polar surface area (TPSA) is 269 Å². The van der Waals surface area contributed by atoms with E-state index in [-0.39, 0.29) is 60.3 Å². The van der Waals surface area contributed by atoms with E-state index in [0.29, 0.717) is 60.1 Å². The Labute approximate surface area is 463 Å². The number of fused-ring (bicyclic) bond motifs is 1. The number of piperidine rings is 1. The molecule has 21 nitrogen and oxygen atoms in total. The number of nitro benzene ring substituents is 1. The van der Waals surface area contributed by atoms with E-state index in [1.165, 1.54) is 28.8 Å². The number of carboxylic acid groups (broad SMARTS) is 1. The van der Waals surface area contributed by atoms with Gasteiger partial charge in [-0.15, -0.1) is 22.0 Å². The molecule has 3 aromatic carbocycles. The van der Waals surface area contributed by atoms with Gasteiger partial charge in [0.25, 0.3) is 39.3 Å². The second-order valence-electron chi connectivity index (χ2n) is 20.1. The molecular formula is C52H52F6N10O11S2. The Bertz CT molecular complexity index is 3430. The number of aliphatic carboxylic acids is 1. The van der Waals surface area contributed by atoms with Gasteiger partial charge in [0, 0.05) is 84.1 Å². The first kappa shape index (κ1) is 59.4. The van der Waals surface area contributed by atoms with E-state index in [1.807, 2.05) is 24.6 Å². The zero-order chi connectivity index (χ0) is 58.8. The Morgan fingerprint density at radius 1 is 0.963 bits per heavy atom. The molecule has 0 saturated carbocycles. The summed E-state index contributed by atoms with van der Waals surface area (Å²) < 4.78 is 115. The van der Waals surface area contributed by atoms with Gasteiger partial charge in [-0.05, 0) is 78.3 Å². The normalized spacial score (nSPS) is 18.7. The third-order valence-corrected chi connectivity index (χ3v) is 16.4. The van der Waals surface area contributed by atoms with Crippen molar-refractivity contribution in [3.63, 3.8) is 0 Å². The number of alkyl halides is 6. The Balaban J connectivity index is 0.00000115. The smallest absolute Gasteiger partial charge is 0.430 e. The third-order valence-electron chi connectivity index (χ3n) is 14.2. The summed E-state index contributed by atoms with van der Waals surface area (Å²) in [4.78, 5) is 77.3. The third kappa shape index (κ3) is 13.4. The molecule has 2 fully saturated rings. The molecule has 430 valence electrons. The number of imide groups is 1. The summed E-state index contributed by atoms with van der Waals surface area (Å²) in [6.07, 6.45) is -3.98. The van der Waals surface area contributed by atoms with Gasteiger partial charge in [-0.1, -0.05) is 26.0 Å². The van der Waals surface area contributed by atoms with Crippen LogP contribution in [0.25, 0.3) is 0 Å². The number of nitrogens with one attached hydrogen (secondary N) is 2. The van der Waals surface area contributed by atoms with Crippen LogP contribution in [0.2, 0.25) is 0 Å². The Hall–Kier alpha value is -7.76. The quantitative estimate of drug-likeness (QED) is 0.0269. The number of carboxylic acids is 1. The van der Waals surface area contributed by atoms with E-state index < -0.39 is 78.5 Å². The van der Waals surface area contributed by atoms with Crippen LogP contribution >= 0.6 is 11.8 Å². The van der Waals surface area contributed by atoms with Gasteiger partial charge in [-0.3, -0.25) is 43.8 Å². The van der Waals surface area contributed by atoms with E-state index >= 15 is 13.2 Å². The van der Waals surface area contributed by atoms with Crippen molar-refractivity contribution in [1.82, 2.24) is 30.0 Å². The molecule has 81 heavy (non-hydrogen) atoms. The fraction of sp³-hybridized carbons (Fsp3) is 0.385. The molecule has 5 aromatic rings. The second kappa shape index (κ2) is 23.4. The number of hydrogen-bond donors (Lipinski definition) is 2.